The summed E-state index contributed by atoms with van der Waals surface area (Å²) < 4.78 is 4.77. The fraction of sp³-hybridized carbons (Fsp3) is 0.857. The van der Waals surface area contributed by atoms with E-state index in [1.54, 1.807) is 0 Å². The third-order valence-corrected chi connectivity index (χ3v) is 4.01. The minimum absolute atomic E-state index is 0.0619. The Kier molecular flexibility index (Phi) is 6.95. The molecule has 2 unspecified atom stereocenters. The normalized spacial score (nSPS) is 18.2. The van der Waals surface area contributed by atoms with Crippen LogP contribution in [0.4, 0.5) is 0 Å². The van der Waals surface area contributed by atoms with Crippen molar-refractivity contribution in [2.45, 2.75) is 39.3 Å². The van der Waals surface area contributed by atoms with Crippen LogP contribution in [0.15, 0.2) is 0 Å². The Morgan fingerprint density at radius 3 is 2.45 bits per heavy atom. The molecule has 0 spiro atoms. The molecule has 6 nitrogen and oxygen atoms in total. The number of nitrogens with one attached hydrogen (secondary N) is 2. The van der Waals surface area contributed by atoms with Gasteiger partial charge in [-0.25, -0.2) is 4.79 Å². The van der Waals surface area contributed by atoms with E-state index in [1.165, 1.54) is 7.11 Å². The zero-order chi connectivity index (χ0) is 15.1. The zero-order valence-electron chi connectivity index (χ0n) is 12.9. The van der Waals surface area contributed by atoms with Crippen molar-refractivity contribution in [1.29, 1.82) is 0 Å². The topological polar surface area (TPSA) is 70.7 Å². The number of nitrogens with zero attached hydrogens (tertiary/aromatic N) is 1. The van der Waals surface area contributed by atoms with E-state index in [1.807, 2.05) is 20.8 Å². The summed E-state index contributed by atoms with van der Waals surface area (Å²) in [6.45, 7) is 8.97. The van der Waals surface area contributed by atoms with Crippen LogP contribution in [0, 0.1) is 5.92 Å². The highest BCUT2D eigenvalue weighted by atomic mass is 16.5. The number of carbonyl (C=O) groups excluding carboxylic acids is 2. The van der Waals surface area contributed by atoms with Gasteiger partial charge < -0.3 is 15.4 Å². The van der Waals surface area contributed by atoms with Gasteiger partial charge in [-0.2, -0.15) is 0 Å². The van der Waals surface area contributed by atoms with Crippen LogP contribution in [-0.2, 0) is 14.3 Å². The lowest BCUT2D eigenvalue weighted by Crippen LogP contribution is -2.59. The number of methoxy groups -OCH3 is 1. The lowest BCUT2D eigenvalue weighted by Gasteiger charge is -2.37. The van der Waals surface area contributed by atoms with Crippen LogP contribution in [0.25, 0.3) is 0 Å². The molecule has 0 aromatic carbocycles. The second-order valence-electron chi connectivity index (χ2n) is 5.33. The molecule has 116 valence electrons. The van der Waals surface area contributed by atoms with E-state index in [0.717, 1.165) is 26.1 Å². The molecule has 20 heavy (non-hydrogen) atoms. The molecule has 0 aliphatic carbocycles. The summed E-state index contributed by atoms with van der Waals surface area (Å²) >= 11 is 0. The van der Waals surface area contributed by atoms with E-state index < -0.39 is 6.04 Å². The number of esters is 1. The summed E-state index contributed by atoms with van der Waals surface area (Å²) in [7, 11) is 1.35. The van der Waals surface area contributed by atoms with Gasteiger partial charge in [0.25, 0.3) is 0 Å². The van der Waals surface area contributed by atoms with E-state index in [9.17, 15) is 9.59 Å². The highest BCUT2D eigenvalue weighted by Crippen LogP contribution is 2.10. The van der Waals surface area contributed by atoms with Crippen molar-refractivity contribution in [1.82, 2.24) is 15.5 Å². The van der Waals surface area contributed by atoms with Gasteiger partial charge >= 0.3 is 5.97 Å². The summed E-state index contributed by atoms with van der Waals surface area (Å²) in [5.74, 6) is -0.428. The molecule has 0 aromatic heterocycles. The first-order valence-corrected chi connectivity index (χ1v) is 7.35. The summed E-state index contributed by atoms with van der Waals surface area (Å²) in [6.07, 6.45) is 0.810. The SMILES string of the molecule is CCC(C)C(NC(=O)CN(CC)C1CNC1)C(=O)OC. The highest BCUT2D eigenvalue weighted by Gasteiger charge is 2.29. The average Bonchev–Trinajstić information content (AvgIpc) is 2.40. The first kappa shape index (κ1) is 16.9. The summed E-state index contributed by atoms with van der Waals surface area (Å²) in [5.41, 5.74) is 0. The third kappa shape index (κ3) is 4.45. The van der Waals surface area contributed by atoms with E-state index in [4.69, 9.17) is 4.74 Å². The Bertz CT molecular complexity index is 332. The summed E-state index contributed by atoms with van der Waals surface area (Å²) in [4.78, 5) is 26.0. The largest absolute Gasteiger partial charge is 0.467 e. The molecule has 0 radical (unpaired) electrons. The van der Waals surface area contributed by atoms with Crippen LogP contribution < -0.4 is 10.6 Å². The van der Waals surface area contributed by atoms with Gasteiger partial charge in [0, 0.05) is 19.1 Å². The van der Waals surface area contributed by atoms with Gasteiger partial charge in [0.15, 0.2) is 0 Å². The monoisotopic (exact) mass is 285 g/mol. The maximum atomic E-state index is 12.1. The van der Waals surface area contributed by atoms with Crippen molar-refractivity contribution in [3.05, 3.63) is 0 Å². The highest BCUT2D eigenvalue weighted by molar-refractivity contribution is 5.85. The maximum absolute atomic E-state index is 12.1. The van der Waals surface area contributed by atoms with Crippen LogP contribution in [0.2, 0.25) is 0 Å². The lowest BCUT2D eigenvalue weighted by atomic mass is 9.99. The molecule has 0 aromatic rings. The number of hydrogen-bond donors (Lipinski definition) is 2. The molecule has 2 atom stereocenters. The number of carbonyl (C=O) groups is 2. The van der Waals surface area contributed by atoms with Crippen LogP contribution in [0.3, 0.4) is 0 Å². The van der Waals surface area contributed by atoms with Gasteiger partial charge in [-0.3, -0.25) is 9.69 Å². The molecule has 6 heteroatoms. The predicted octanol–water partition coefficient (Wildman–Crippen LogP) is -0.0160. The van der Waals surface area contributed by atoms with Crippen molar-refractivity contribution in [2.24, 2.45) is 5.92 Å². The number of amides is 1. The van der Waals surface area contributed by atoms with Crippen LogP contribution >= 0.6 is 0 Å². The number of rotatable bonds is 8. The molecule has 0 saturated carbocycles. The van der Waals surface area contributed by atoms with Crippen molar-refractivity contribution >= 4 is 11.9 Å². The molecule has 1 fully saturated rings. The third-order valence-electron chi connectivity index (χ3n) is 4.01. The van der Waals surface area contributed by atoms with E-state index in [2.05, 4.69) is 15.5 Å². The Hall–Kier alpha value is -1.14. The molecule has 1 aliphatic heterocycles. The van der Waals surface area contributed by atoms with Crippen LogP contribution in [0.1, 0.15) is 27.2 Å². The van der Waals surface area contributed by atoms with Crippen LogP contribution in [0.5, 0.6) is 0 Å². The molecule has 1 rings (SSSR count). The van der Waals surface area contributed by atoms with Crippen LogP contribution in [-0.4, -0.2) is 62.1 Å². The molecule has 2 N–H and O–H groups in total. The van der Waals surface area contributed by atoms with Crippen molar-refractivity contribution < 1.29 is 14.3 Å². The van der Waals surface area contributed by atoms with E-state index in [-0.39, 0.29) is 17.8 Å². The molecular formula is C14H27N3O3. The van der Waals surface area contributed by atoms with Crippen molar-refractivity contribution in [3.63, 3.8) is 0 Å². The summed E-state index contributed by atoms with van der Waals surface area (Å²) in [5, 5.41) is 6.01. The first-order chi connectivity index (χ1) is 9.53. The lowest BCUT2D eigenvalue weighted by molar-refractivity contribution is -0.146. The minimum Gasteiger partial charge on any atom is -0.467 e. The van der Waals surface area contributed by atoms with Gasteiger partial charge in [0.2, 0.25) is 5.91 Å². The van der Waals surface area contributed by atoms with E-state index in [0.29, 0.717) is 12.6 Å². The Balaban J connectivity index is 2.53. The molecule has 1 heterocycles. The second-order valence-corrected chi connectivity index (χ2v) is 5.33. The Morgan fingerprint density at radius 1 is 1.40 bits per heavy atom. The van der Waals surface area contributed by atoms with Gasteiger partial charge in [-0.1, -0.05) is 27.2 Å². The summed E-state index contributed by atoms with van der Waals surface area (Å²) in [6, 6.07) is -0.137. The maximum Gasteiger partial charge on any atom is 0.328 e. The number of ether oxygens (including phenoxy) is 1. The minimum atomic E-state index is -0.560. The zero-order valence-corrected chi connectivity index (χ0v) is 12.9. The van der Waals surface area contributed by atoms with Gasteiger partial charge in [0.05, 0.1) is 13.7 Å². The van der Waals surface area contributed by atoms with Crippen molar-refractivity contribution in [3.8, 4) is 0 Å². The Labute approximate surface area is 121 Å². The molecular weight excluding hydrogens is 258 g/mol. The molecule has 1 amide bonds. The first-order valence-electron chi connectivity index (χ1n) is 7.35. The smallest absolute Gasteiger partial charge is 0.328 e. The fourth-order valence-corrected chi connectivity index (χ4v) is 2.23. The van der Waals surface area contributed by atoms with Gasteiger partial charge in [-0.05, 0) is 12.5 Å². The second kappa shape index (κ2) is 8.21. The quantitative estimate of drug-likeness (QED) is 0.614. The molecule has 0 bridgehead atoms. The van der Waals surface area contributed by atoms with Gasteiger partial charge in [-0.15, -0.1) is 0 Å². The fourth-order valence-electron chi connectivity index (χ4n) is 2.23. The van der Waals surface area contributed by atoms with Crippen molar-refractivity contribution in [2.75, 3.05) is 33.3 Å². The van der Waals surface area contributed by atoms with Gasteiger partial charge in [0.1, 0.15) is 6.04 Å². The molecule has 1 saturated heterocycles. The number of likely N-dealkylation sites (N-methyl/N-ethyl adjacent to an activating group) is 1. The standard InChI is InChI=1S/C14H27N3O3/c1-5-10(3)13(14(19)20-4)16-12(18)9-17(6-2)11-7-15-8-11/h10-11,13,15H,5-9H2,1-4H3,(H,16,18). The average molecular weight is 285 g/mol. The predicted molar refractivity (Wildman–Crippen MR) is 77.3 cm³/mol. The Morgan fingerprint density at radius 2 is 2.05 bits per heavy atom. The van der Waals surface area contributed by atoms with E-state index >= 15 is 0 Å². The number of hydrogen-bond acceptors (Lipinski definition) is 5. The molecule has 1 aliphatic rings.